The maximum Gasteiger partial charge on any atom is 0.305 e. The van der Waals surface area contributed by atoms with Crippen LogP contribution >= 0.6 is 0 Å². The summed E-state index contributed by atoms with van der Waals surface area (Å²) in [6.45, 7) is 3.81. The van der Waals surface area contributed by atoms with Crippen LogP contribution in [0.3, 0.4) is 0 Å². The predicted octanol–water partition coefficient (Wildman–Crippen LogP) is 2.53. The number of aliphatic carboxylic acids is 1. The Bertz CT molecular complexity index is 539. The minimum Gasteiger partial charge on any atom is -0.490 e. The van der Waals surface area contributed by atoms with Crippen molar-refractivity contribution in [2.75, 3.05) is 13.2 Å². The topological polar surface area (TPSA) is 81.8 Å². The summed E-state index contributed by atoms with van der Waals surface area (Å²) in [5.74, 6) is -0.0759. The Morgan fingerprint density at radius 2 is 1.95 bits per heavy atom. The Balaban J connectivity index is 2.50. The van der Waals surface area contributed by atoms with E-state index in [-0.39, 0.29) is 6.42 Å². The Hall–Kier alpha value is -1.82. The van der Waals surface area contributed by atoms with E-state index in [2.05, 4.69) is 0 Å². The number of rotatable bonds is 4. The van der Waals surface area contributed by atoms with Gasteiger partial charge in [-0.05, 0) is 37.1 Å². The van der Waals surface area contributed by atoms with Gasteiger partial charge >= 0.3 is 5.97 Å². The van der Waals surface area contributed by atoms with Crippen molar-refractivity contribution in [1.29, 1.82) is 0 Å². The van der Waals surface area contributed by atoms with Crippen LogP contribution in [-0.4, -0.2) is 24.3 Å². The summed E-state index contributed by atoms with van der Waals surface area (Å²) in [6, 6.07) is 2.37. The number of nitrogens with two attached hydrogens (primary N) is 1. The quantitative estimate of drug-likeness (QED) is 0.892. The fourth-order valence-corrected chi connectivity index (χ4v) is 2.34. The van der Waals surface area contributed by atoms with Crippen LogP contribution in [0.5, 0.6) is 11.5 Å². The van der Waals surface area contributed by atoms with E-state index in [0.717, 1.165) is 6.42 Å². The zero-order valence-electron chi connectivity index (χ0n) is 12.2. The molecular weight excluding hydrogens is 277 g/mol. The number of hydrogen-bond acceptors (Lipinski definition) is 4. The third-order valence-corrected chi connectivity index (χ3v) is 3.35. The molecule has 3 N–H and O–H groups in total. The van der Waals surface area contributed by atoms with Gasteiger partial charge in [-0.2, -0.15) is 0 Å². The highest BCUT2D eigenvalue weighted by Crippen LogP contribution is 2.40. The van der Waals surface area contributed by atoms with E-state index in [4.69, 9.17) is 20.3 Å². The van der Waals surface area contributed by atoms with Gasteiger partial charge in [0.1, 0.15) is 5.67 Å². The van der Waals surface area contributed by atoms with Crippen LogP contribution in [0.1, 0.15) is 43.9 Å². The monoisotopic (exact) mass is 297 g/mol. The molecule has 1 aromatic carbocycles. The number of halogens is 1. The summed E-state index contributed by atoms with van der Waals surface area (Å²) in [6.07, 6.45) is 0.461. The molecule has 1 unspecified atom stereocenters. The lowest BCUT2D eigenvalue weighted by atomic mass is 9.89. The lowest BCUT2D eigenvalue weighted by molar-refractivity contribution is -0.137. The van der Waals surface area contributed by atoms with Gasteiger partial charge < -0.3 is 20.3 Å². The highest BCUT2D eigenvalue weighted by Gasteiger charge is 2.29. The van der Waals surface area contributed by atoms with Crippen LogP contribution in [0.4, 0.5) is 4.39 Å². The van der Waals surface area contributed by atoms with Crippen molar-refractivity contribution >= 4 is 5.97 Å². The zero-order chi connectivity index (χ0) is 15.6. The highest BCUT2D eigenvalue weighted by molar-refractivity contribution is 5.68. The summed E-state index contributed by atoms with van der Waals surface area (Å²) in [5.41, 5.74) is 5.04. The predicted molar refractivity (Wildman–Crippen MR) is 75.4 cm³/mol. The first kappa shape index (κ1) is 15.6. The van der Waals surface area contributed by atoms with Gasteiger partial charge in [-0.25, -0.2) is 4.39 Å². The summed E-state index contributed by atoms with van der Waals surface area (Å²) in [5, 5.41) is 8.89. The van der Waals surface area contributed by atoms with Crippen LogP contribution in [0, 0.1) is 0 Å². The van der Waals surface area contributed by atoms with E-state index < -0.39 is 17.7 Å². The van der Waals surface area contributed by atoms with Crippen molar-refractivity contribution in [1.82, 2.24) is 0 Å². The highest BCUT2D eigenvalue weighted by atomic mass is 19.1. The second kappa shape index (κ2) is 5.89. The van der Waals surface area contributed by atoms with Crippen LogP contribution in [-0.2, 0) is 10.5 Å². The minimum atomic E-state index is -1.66. The number of ether oxygens (including phenoxy) is 2. The first-order valence-corrected chi connectivity index (χ1v) is 6.89. The molecule has 21 heavy (non-hydrogen) atoms. The first-order chi connectivity index (χ1) is 9.79. The van der Waals surface area contributed by atoms with Gasteiger partial charge in [-0.3, -0.25) is 4.79 Å². The van der Waals surface area contributed by atoms with E-state index in [1.54, 1.807) is 12.1 Å². The molecule has 0 aliphatic carbocycles. The number of hydrogen-bond donors (Lipinski definition) is 2. The average molecular weight is 297 g/mol. The number of fused-ring (bicyclic) bond motifs is 1. The van der Waals surface area contributed by atoms with Gasteiger partial charge in [0, 0.05) is 12.5 Å². The Morgan fingerprint density at radius 1 is 1.38 bits per heavy atom. The molecule has 1 aromatic rings. The standard InChI is InChI=1S/C15H20FNO4/c1-15(2,16)10-7-13-12(20-4-3-5-21-13)6-9(10)11(17)8-14(18)19/h6-7,11H,3-5,8,17H2,1-2H3,(H,18,19). The summed E-state index contributed by atoms with van der Waals surface area (Å²) in [4.78, 5) is 10.9. The summed E-state index contributed by atoms with van der Waals surface area (Å²) >= 11 is 0. The molecule has 0 bridgehead atoms. The van der Waals surface area contributed by atoms with Crippen LogP contribution in [0.15, 0.2) is 12.1 Å². The molecule has 1 atom stereocenters. The lowest BCUT2D eigenvalue weighted by Gasteiger charge is -2.24. The first-order valence-electron chi connectivity index (χ1n) is 6.89. The number of benzene rings is 1. The average Bonchev–Trinajstić information content (AvgIpc) is 2.59. The van der Waals surface area contributed by atoms with E-state index in [9.17, 15) is 9.18 Å². The number of carboxylic acid groups (broad SMARTS) is 1. The molecule has 0 saturated carbocycles. The maximum atomic E-state index is 14.5. The maximum absolute atomic E-state index is 14.5. The van der Waals surface area contributed by atoms with Crippen molar-refractivity contribution < 1.29 is 23.8 Å². The van der Waals surface area contributed by atoms with Crippen molar-refractivity contribution in [3.05, 3.63) is 23.3 Å². The number of carboxylic acids is 1. The van der Waals surface area contributed by atoms with Gasteiger partial charge in [-0.1, -0.05) is 0 Å². The Labute approximate surface area is 122 Å². The van der Waals surface area contributed by atoms with Crippen molar-refractivity contribution in [2.24, 2.45) is 5.73 Å². The molecule has 1 aliphatic heterocycles. The fourth-order valence-electron chi connectivity index (χ4n) is 2.34. The molecule has 0 saturated heterocycles. The van der Waals surface area contributed by atoms with E-state index in [1.165, 1.54) is 13.8 Å². The largest absolute Gasteiger partial charge is 0.490 e. The molecule has 5 nitrogen and oxygen atoms in total. The second-order valence-corrected chi connectivity index (χ2v) is 5.61. The lowest BCUT2D eigenvalue weighted by Crippen LogP contribution is -2.21. The van der Waals surface area contributed by atoms with Gasteiger partial charge in [0.15, 0.2) is 11.5 Å². The van der Waals surface area contributed by atoms with Crippen molar-refractivity contribution in [3.8, 4) is 11.5 Å². The van der Waals surface area contributed by atoms with E-state index in [0.29, 0.717) is 35.8 Å². The molecule has 0 amide bonds. The molecule has 0 spiro atoms. The molecular formula is C15H20FNO4. The Morgan fingerprint density at radius 3 is 2.48 bits per heavy atom. The third-order valence-electron chi connectivity index (χ3n) is 3.35. The van der Waals surface area contributed by atoms with Crippen molar-refractivity contribution in [3.63, 3.8) is 0 Å². The third kappa shape index (κ3) is 3.64. The van der Waals surface area contributed by atoms with Gasteiger partial charge in [0.2, 0.25) is 0 Å². The summed E-state index contributed by atoms with van der Waals surface area (Å²) in [7, 11) is 0. The Kier molecular flexibility index (Phi) is 4.37. The molecule has 0 fully saturated rings. The van der Waals surface area contributed by atoms with Crippen molar-refractivity contribution in [2.45, 2.75) is 38.4 Å². The second-order valence-electron chi connectivity index (χ2n) is 5.61. The van der Waals surface area contributed by atoms with Crippen LogP contribution < -0.4 is 15.2 Å². The van der Waals surface area contributed by atoms with Crippen LogP contribution in [0.25, 0.3) is 0 Å². The molecule has 6 heteroatoms. The van der Waals surface area contributed by atoms with Gasteiger partial charge in [-0.15, -0.1) is 0 Å². The molecule has 116 valence electrons. The summed E-state index contributed by atoms with van der Waals surface area (Å²) < 4.78 is 25.6. The molecule has 0 radical (unpaired) electrons. The van der Waals surface area contributed by atoms with Crippen LogP contribution in [0.2, 0.25) is 0 Å². The molecule has 2 rings (SSSR count). The van der Waals surface area contributed by atoms with E-state index in [1.807, 2.05) is 0 Å². The molecule has 0 aromatic heterocycles. The smallest absolute Gasteiger partial charge is 0.305 e. The van der Waals surface area contributed by atoms with E-state index >= 15 is 0 Å². The zero-order valence-corrected chi connectivity index (χ0v) is 12.2. The molecule has 1 aliphatic rings. The van der Waals surface area contributed by atoms with Gasteiger partial charge in [0.25, 0.3) is 0 Å². The minimum absolute atomic E-state index is 0.275. The number of carbonyl (C=O) groups is 1. The fraction of sp³-hybridized carbons (Fsp3) is 0.533. The SMILES string of the molecule is CC(C)(F)c1cc2c(cc1C(N)CC(=O)O)OCCCO2. The normalized spacial score (nSPS) is 16.2. The number of alkyl halides is 1. The molecule has 1 heterocycles. The van der Waals surface area contributed by atoms with Gasteiger partial charge in [0.05, 0.1) is 19.6 Å².